The molecule has 0 aliphatic rings. The van der Waals surface area contributed by atoms with Crippen LogP contribution < -0.4 is 4.80 Å². The summed E-state index contributed by atoms with van der Waals surface area (Å²) in [4.78, 5) is 17.3. The van der Waals surface area contributed by atoms with Crippen LogP contribution in [0.15, 0.2) is 59.6 Å². The van der Waals surface area contributed by atoms with Gasteiger partial charge in [-0.05, 0) is 17.7 Å². The Balaban J connectivity index is 1.95. The highest BCUT2D eigenvalue weighted by Crippen LogP contribution is 2.16. The van der Waals surface area contributed by atoms with Gasteiger partial charge in [0, 0.05) is 13.7 Å². The molecule has 1 aromatic heterocycles. The SMILES string of the molecule is COCCn1c(=NC(=O)Cc2ccccc2)sc2ccccc21. The first-order valence-corrected chi connectivity index (χ1v) is 8.28. The maximum atomic E-state index is 12.3. The molecule has 0 saturated carbocycles. The van der Waals surface area contributed by atoms with E-state index in [0.29, 0.717) is 19.6 Å². The Morgan fingerprint density at radius 1 is 1.13 bits per heavy atom. The molecule has 2 aromatic carbocycles. The number of hydrogen-bond donors (Lipinski definition) is 0. The second-order valence-corrected chi connectivity index (χ2v) is 6.17. The molecule has 0 saturated heterocycles. The van der Waals surface area contributed by atoms with Gasteiger partial charge >= 0.3 is 0 Å². The average Bonchev–Trinajstić information content (AvgIpc) is 2.90. The monoisotopic (exact) mass is 326 g/mol. The Kier molecular flexibility index (Phi) is 5.00. The lowest BCUT2D eigenvalue weighted by Crippen LogP contribution is -2.19. The van der Waals surface area contributed by atoms with Crippen LogP contribution in [0.2, 0.25) is 0 Å². The van der Waals surface area contributed by atoms with E-state index >= 15 is 0 Å². The lowest BCUT2D eigenvalue weighted by atomic mass is 10.1. The predicted molar refractivity (Wildman–Crippen MR) is 92.4 cm³/mol. The third kappa shape index (κ3) is 3.75. The van der Waals surface area contributed by atoms with Crippen molar-refractivity contribution in [3.8, 4) is 0 Å². The van der Waals surface area contributed by atoms with Crippen molar-refractivity contribution in [3.05, 3.63) is 65.0 Å². The number of carbonyl (C=O) groups is 1. The van der Waals surface area contributed by atoms with Crippen LogP contribution in [0.5, 0.6) is 0 Å². The minimum Gasteiger partial charge on any atom is -0.383 e. The Morgan fingerprint density at radius 3 is 2.65 bits per heavy atom. The fourth-order valence-corrected chi connectivity index (χ4v) is 3.49. The number of rotatable bonds is 5. The summed E-state index contributed by atoms with van der Waals surface area (Å²) >= 11 is 1.53. The molecule has 1 heterocycles. The summed E-state index contributed by atoms with van der Waals surface area (Å²) in [5.41, 5.74) is 2.06. The summed E-state index contributed by atoms with van der Waals surface area (Å²) in [6.45, 7) is 1.26. The number of para-hydroxylation sites is 1. The highest BCUT2D eigenvalue weighted by atomic mass is 32.1. The molecule has 23 heavy (non-hydrogen) atoms. The van der Waals surface area contributed by atoms with Gasteiger partial charge in [-0.2, -0.15) is 4.99 Å². The summed E-state index contributed by atoms with van der Waals surface area (Å²) in [7, 11) is 1.67. The third-order valence-electron chi connectivity index (χ3n) is 3.53. The number of thiazole rings is 1. The molecule has 0 atom stereocenters. The Hall–Kier alpha value is -2.24. The molecule has 0 fully saturated rings. The number of ether oxygens (including phenoxy) is 1. The zero-order valence-corrected chi connectivity index (χ0v) is 13.8. The second-order valence-electron chi connectivity index (χ2n) is 5.16. The summed E-state index contributed by atoms with van der Waals surface area (Å²) in [5, 5.41) is 0. The largest absolute Gasteiger partial charge is 0.383 e. The van der Waals surface area contributed by atoms with E-state index in [1.807, 2.05) is 59.2 Å². The summed E-state index contributed by atoms with van der Waals surface area (Å²) in [6, 6.07) is 17.8. The predicted octanol–water partition coefficient (Wildman–Crippen LogP) is 3.02. The molecule has 1 amide bonds. The van der Waals surface area contributed by atoms with Crippen LogP contribution >= 0.6 is 11.3 Å². The first kappa shape index (κ1) is 15.6. The molecule has 5 heteroatoms. The molecule has 3 aromatic rings. The van der Waals surface area contributed by atoms with E-state index in [4.69, 9.17) is 4.74 Å². The van der Waals surface area contributed by atoms with Crippen molar-refractivity contribution in [1.29, 1.82) is 0 Å². The van der Waals surface area contributed by atoms with E-state index in [1.54, 1.807) is 7.11 Å². The standard InChI is InChI=1S/C18H18N2O2S/c1-22-12-11-20-15-9-5-6-10-16(15)23-18(20)19-17(21)13-14-7-3-2-4-8-14/h2-10H,11-13H2,1H3. The molecule has 118 valence electrons. The second kappa shape index (κ2) is 7.35. The van der Waals surface area contributed by atoms with Crippen molar-refractivity contribution in [2.45, 2.75) is 13.0 Å². The fraction of sp³-hybridized carbons (Fsp3) is 0.222. The van der Waals surface area contributed by atoms with Gasteiger partial charge in [0.15, 0.2) is 4.80 Å². The molecular formula is C18H18N2O2S. The van der Waals surface area contributed by atoms with Gasteiger partial charge in [-0.3, -0.25) is 4.79 Å². The molecule has 4 nitrogen and oxygen atoms in total. The van der Waals surface area contributed by atoms with Crippen molar-refractivity contribution < 1.29 is 9.53 Å². The Morgan fingerprint density at radius 2 is 1.87 bits per heavy atom. The number of amides is 1. The summed E-state index contributed by atoms with van der Waals surface area (Å²) < 4.78 is 8.35. The van der Waals surface area contributed by atoms with Crippen LogP contribution in [0.4, 0.5) is 0 Å². The van der Waals surface area contributed by atoms with Crippen molar-refractivity contribution in [2.24, 2.45) is 4.99 Å². The fourth-order valence-electron chi connectivity index (χ4n) is 2.42. The number of nitrogens with zero attached hydrogens (tertiary/aromatic N) is 2. The van der Waals surface area contributed by atoms with E-state index in [9.17, 15) is 4.79 Å². The number of fused-ring (bicyclic) bond motifs is 1. The molecule has 3 rings (SSSR count). The normalized spacial score (nSPS) is 12.0. The van der Waals surface area contributed by atoms with Crippen LogP contribution in [0.3, 0.4) is 0 Å². The van der Waals surface area contributed by atoms with Crippen molar-refractivity contribution in [1.82, 2.24) is 4.57 Å². The van der Waals surface area contributed by atoms with Crippen LogP contribution in [0.1, 0.15) is 5.56 Å². The van der Waals surface area contributed by atoms with E-state index in [1.165, 1.54) is 11.3 Å². The van der Waals surface area contributed by atoms with Crippen molar-refractivity contribution >= 4 is 27.5 Å². The lowest BCUT2D eigenvalue weighted by Gasteiger charge is -2.03. The maximum absolute atomic E-state index is 12.3. The van der Waals surface area contributed by atoms with E-state index < -0.39 is 0 Å². The van der Waals surface area contributed by atoms with Gasteiger partial charge < -0.3 is 9.30 Å². The van der Waals surface area contributed by atoms with Crippen molar-refractivity contribution in [2.75, 3.05) is 13.7 Å². The molecule has 0 radical (unpaired) electrons. The van der Waals surface area contributed by atoms with Crippen LogP contribution in [0.25, 0.3) is 10.2 Å². The molecular weight excluding hydrogens is 308 g/mol. The van der Waals surface area contributed by atoms with Gasteiger partial charge in [0.2, 0.25) is 0 Å². The number of carbonyl (C=O) groups excluding carboxylic acids is 1. The highest BCUT2D eigenvalue weighted by Gasteiger charge is 2.08. The molecule has 0 N–H and O–H groups in total. The van der Waals surface area contributed by atoms with Crippen LogP contribution in [-0.2, 0) is 22.5 Å². The average molecular weight is 326 g/mol. The van der Waals surface area contributed by atoms with E-state index in [0.717, 1.165) is 20.6 Å². The third-order valence-corrected chi connectivity index (χ3v) is 4.59. The van der Waals surface area contributed by atoms with Gasteiger partial charge in [0.1, 0.15) is 0 Å². The number of hydrogen-bond acceptors (Lipinski definition) is 3. The zero-order chi connectivity index (χ0) is 16.1. The Bertz CT molecular complexity index is 865. The summed E-state index contributed by atoms with van der Waals surface area (Å²) in [5.74, 6) is -0.131. The first-order valence-electron chi connectivity index (χ1n) is 7.47. The quantitative estimate of drug-likeness (QED) is 0.723. The van der Waals surface area contributed by atoms with Gasteiger partial charge in [-0.1, -0.05) is 53.8 Å². The van der Waals surface area contributed by atoms with E-state index in [2.05, 4.69) is 4.99 Å². The zero-order valence-electron chi connectivity index (χ0n) is 12.9. The minimum absolute atomic E-state index is 0.131. The first-order chi connectivity index (χ1) is 11.3. The number of aromatic nitrogens is 1. The van der Waals surface area contributed by atoms with Crippen LogP contribution in [-0.4, -0.2) is 24.2 Å². The topological polar surface area (TPSA) is 43.6 Å². The summed E-state index contributed by atoms with van der Waals surface area (Å²) in [6.07, 6.45) is 0.319. The molecule has 0 bridgehead atoms. The molecule has 0 aliphatic heterocycles. The van der Waals surface area contributed by atoms with Crippen LogP contribution in [0, 0.1) is 0 Å². The Labute approximate surface area is 138 Å². The van der Waals surface area contributed by atoms with Gasteiger partial charge in [-0.25, -0.2) is 0 Å². The van der Waals surface area contributed by atoms with E-state index in [-0.39, 0.29) is 5.91 Å². The van der Waals surface area contributed by atoms with Gasteiger partial charge in [0.25, 0.3) is 5.91 Å². The molecule has 0 spiro atoms. The lowest BCUT2D eigenvalue weighted by molar-refractivity contribution is -0.117. The number of benzene rings is 2. The maximum Gasteiger partial charge on any atom is 0.252 e. The van der Waals surface area contributed by atoms with Crippen molar-refractivity contribution in [3.63, 3.8) is 0 Å². The molecule has 0 aliphatic carbocycles. The molecule has 0 unspecified atom stereocenters. The smallest absolute Gasteiger partial charge is 0.252 e. The minimum atomic E-state index is -0.131. The number of methoxy groups -OCH3 is 1. The highest BCUT2D eigenvalue weighted by molar-refractivity contribution is 7.16. The van der Waals surface area contributed by atoms with Gasteiger partial charge in [0.05, 0.1) is 23.2 Å². The van der Waals surface area contributed by atoms with Gasteiger partial charge in [-0.15, -0.1) is 0 Å².